The maximum Gasteiger partial charge on any atom is 0.238 e. The smallest absolute Gasteiger partial charge is 0.238 e. The maximum atomic E-state index is 5.12. The van der Waals surface area contributed by atoms with E-state index in [-0.39, 0.29) is 0 Å². The van der Waals surface area contributed by atoms with Gasteiger partial charge in [-0.05, 0) is 102 Å². The summed E-state index contributed by atoms with van der Waals surface area (Å²) >= 11 is 1.82. The molecule has 0 N–H and O–H groups in total. The van der Waals surface area contributed by atoms with Crippen molar-refractivity contribution in [3.63, 3.8) is 0 Å². The van der Waals surface area contributed by atoms with Gasteiger partial charge in [0, 0.05) is 54.4 Å². The van der Waals surface area contributed by atoms with Crippen molar-refractivity contribution in [3.8, 4) is 39.9 Å². The third-order valence-electron chi connectivity index (χ3n) is 11.8. The summed E-state index contributed by atoms with van der Waals surface area (Å²) in [5.41, 5.74) is 13.0. The highest BCUT2D eigenvalue weighted by Crippen LogP contribution is 2.52. The van der Waals surface area contributed by atoms with Gasteiger partial charge in [0.05, 0.1) is 22.4 Å². The average molecular weight is 839 g/mol. The van der Waals surface area contributed by atoms with Crippen LogP contribution in [0.15, 0.2) is 240 Å². The third kappa shape index (κ3) is 6.67. The molecule has 0 saturated heterocycles. The first-order valence-electron chi connectivity index (χ1n) is 21.4. The van der Waals surface area contributed by atoms with Crippen LogP contribution in [0.3, 0.4) is 0 Å². The molecule has 0 amide bonds. The molecule has 12 rings (SSSR count). The Morgan fingerprint density at radius 1 is 0.359 bits per heavy atom. The normalized spacial score (nSPS) is 12.0. The molecule has 1 aliphatic heterocycles. The van der Waals surface area contributed by atoms with Crippen LogP contribution in [0.4, 0.5) is 34.1 Å². The molecule has 9 aromatic carbocycles. The van der Waals surface area contributed by atoms with Crippen LogP contribution in [-0.4, -0.2) is 19.5 Å². The molecule has 302 valence electrons. The summed E-state index contributed by atoms with van der Waals surface area (Å²) in [6.45, 7) is 0. The topological polar surface area (TPSA) is 50.1 Å². The van der Waals surface area contributed by atoms with E-state index < -0.39 is 0 Å². The fourth-order valence-electron chi connectivity index (χ4n) is 8.83. The Labute approximate surface area is 375 Å². The van der Waals surface area contributed by atoms with E-state index in [1.54, 1.807) is 0 Å². The average Bonchev–Trinajstić information content (AvgIpc) is 3.70. The minimum absolute atomic E-state index is 0.580. The Morgan fingerprint density at radius 3 is 1.55 bits per heavy atom. The van der Waals surface area contributed by atoms with Crippen molar-refractivity contribution in [3.05, 3.63) is 231 Å². The summed E-state index contributed by atoms with van der Waals surface area (Å²) in [5.74, 6) is 1.84. The minimum atomic E-state index is 0.580. The van der Waals surface area contributed by atoms with E-state index in [0.29, 0.717) is 17.6 Å². The minimum Gasteiger partial charge on any atom is -0.311 e. The molecule has 11 aromatic rings. The van der Waals surface area contributed by atoms with Gasteiger partial charge in [0.25, 0.3) is 0 Å². The van der Waals surface area contributed by atoms with Crippen LogP contribution in [0.5, 0.6) is 0 Å². The first-order valence-corrected chi connectivity index (χ1v) is 22.2. The molecule has 6 nitrogen and oxygen atoms in total. The fourth-order valence-corrected chi connectivity index (χ4v) is 9.93. The van der Waals surface area contributed by atoms with E-state index in [9.17, 15) is 0 Å². The molecule has 2 aromatic heterocycles. The van der Waals surface area contributed by atoms with Crippen molar-refractivity contribution in [2.75, 3.05) is 9.80 Å². The zero-order valence-electron chi connectivity index (χ0n) is 34.5. The first-order chi connectivity index (χ1) is 31.7. The van der Waals surface area contributed by atoms with Crippen LogP contribution in [0.2, 0.25) is 0 Å². The molecular formula is C57H38N6S. The monoisotopic (exact) mass is 838 g/mol. The lowest BCUT2D eigenvalue weighted by atomic mass is 10.0. The lowest BCUT2D eigenvalue weighted by molar-refractivity contribution is 0.953. The van der Waals surface area contributed by atoms with Crippen molar-refractivity contribution in [2.24, 2.45) is 0 Å². The molecule has 7 heteroatoms. The van der Waals surface area contributed by atoms with Crippen LogP contribution < -0.4 is 9.80 Å². The molecule has 0 aliphatic carbocycles. The van der Waals surface area contributed by atoms with Gasteiger partial charge in [0.2, 0.25) is 5.95 Å². The van der Waals surface area contributed by atoms with E-state index in [2.05, 4.69) is 184 Å². The van der Waals surface area contributed by atoms with Gasteiger partial charge in [-0.25, -0.2) is 4.98 Å². The highest BCUT2D eigenvalue weighted by Gasteiger charge is 2.26. The number of anilines is 6. The maximum absolute atomic E-state index is 5.12. The summed E-state index contributed by atoms with van der Waals surface area (Å²) in [5, 5.41) is 2.27. The van der Waals surface area contributed by atoms with Crippen LogP contribution >= 0.6 is 11.8 Å². The van der Waals surface area contributed by atoms with Gasteiger partial charge in [-0.15, -0.1) is 0 Å². The van der Waals surface area contributed by atoms with Crippen LogP contribution in [0, 0.1) is 0 Å². The summed E-state index contributed by atoms with van der Waals surface area (Å²) in [6, 6.07) is 81.1. The number of nitrogens with zero attached hydrogens (tertiary/aromatic N) is 6. The van der Waals surface area contributed by atoms with Crippen LogP contribution in [-0.2, 0) is 0 Å². The second-order valence-electron chi connectivity index (χ2n) is 15.7. The number of hydrogen-bond donors (Lipinski definition) is 0. The standard InChI is InChI=1S/C57H38N6S/c1-5-17-39(18-6-1)55-58-56(40-19-7-2-8-20-40)60-57(59-55)63-49-26-14-13-25-47(49)48-37-41(29-35-50(48)63)42-30-36-52-54(38-42)64-53-28-16-15-27-51(53)62(52)46-33-31-45(32-34-46)61(43-21-9-3-10-22-43)44-23-11-4-12-24-44/h1-38H. The lowest BCUT2D eigenvalue weighted by Crippen LogP contribution is -2.15. The molecule has 0 bridgehead atoms. The predicted octanol–water partition coefficient (Wildman–Crippen LogP) is 15.4. The summed E-state index contributed by atoms with van der Waals surface area (Å²) in [7, 11) is 0. The summed E-state index contributed by atoms with van der Waals surface area (Å²) < 4.78 is 2.18. The van der Waals surface area contributed by atoms with Gasteiger partial charge in [0.15, 0.2) is 11.6 Å². The van der Waals surface area contributed by atoms with Gasteiger partial charge >= 0.3 is 0 Å². The third-order valence-corrected chi connectivity index (χ3v) is 12.9. The van der Waals surface area contributed by atoms with E-state index in [4.69, 9.17) is 15.0 Å². The van der Waals surface area contributed by atoms with Crippen molar-refractivity contribution in [2.45, 2.75) is 9.79 Å². The fraction of sp³-hybridized carbons (Fsp3) is 0. The molecule has 1 aliphatic rings. The highest BCUT2D eigenvalue weighted by atomic mass is 32.2. The first kappa shape index (κ1) is 37.5. The van der Waals surface area contributed by atoms with E-state index >= 15 is 0 Å². The second-order valence-corrected chi connectivity index (χ2v) is 16.8. The van der Waals surface area contributed by atoms with E-state index in [1.165, 1.54) is 15.5 Å². The predicted molar refractivity (Wildman–Crippen MR) is 264 cm³/mol. The summed E-state index contributed by atoms with van der Waals surface area (Å²) in [6.07, 6.45) is 0. The SMILES string of the molecule is c1ccc(-c2nc(-c3ccccc3)nc(-n3c4ccccc4c4cc(-c5ccc6c(c5)Sc5ccccc5N6c5ccc(N(c6ccccc6)c6ccccc6)cc5)ccc43)n2)cc1. The molecule has 0 radical (unpaired) electrons. The van der Waals surface area contributed by atoms with E-state index in [0.717, 1.165) is 72.5 Å². The zero-order chi connectivity index (χ0) is 42.4. The van der Waals surface area contributed by atoms with E-state index in [1.807, 2.05) is 72.4 Å². The Morgan fingerprint density at radius 2 is 0.875 bits per heavy atom. The molecule has 64 heavy (non-hydrogen) atoms. The number of benzene rings is 9. The Hall–Kier alpha value is -8.26. The number of hydrogen-bond acceptors (Lipinski definition) is 6. The molecular weight excluding hydrogens is 801 g/mol. The van der Waals surface area contributed by atoms with Gasteiger partial charge in [0.1, 0.15) is 0 Å². The number of rotatable bonds is 8. The van der Waals surface area contributed by atoms with Gasteiger partial charge in [-0.3, -0.25) is 4.57 Å². The van der Waals surface area contributed by atoms with Gasteiger partial charge in [-0.2, -0.15) is 9.97 Å². The zero-order valence-corrected chi connectivity index (χ0v) is 35.3. The number of para-hydroxylation sites is 4. The van der Waals surface area contributed by atoms with Gasteiger partial charge < -0.3 is 9.80 Å². The van der Waals surface area contributed by atoms with Crippen molar-refractivity contribution in [1.82, 2.24) is 19.5 Å². The highest BCUT2D eigenvalue weighted by molar-refractivity contribution is 7.99. The quantitative estimate of drug-likeness (QED) is 0.152. The van der Waals surface area contributed by atoms with Crippen LogP contribution in [0.25, 0.3) is 61.7 Å². The molecule has 0 atom stereocenters. The molecule has 0 unspecified atom stereocenters. The van der Waals surface area contributed by atoms with Crippen molar-refractivity contribution >= 4 is 67.7 Å². The van der Waals surface area contributed by atoms with Crippen LogP contribution in [0.1, 0.15) is 0 Å². The van der Waals surface area contributed by atoms with Gasteiger partial charge in [-0.1, -0.05) is 151 Å². The molecule has 0 fully saturated rings. The Kier molecular flexibility index (Phi) is 9.31. The Balaban J connectivity index is 0.942. The summed E-state index contributed by atoms with van der Waals surface area (Å²) in [4.78, 5) is 22.3. The van der Waals surface area contributed by atoms with Crippen molar-refractivity contribution in [1.29, 1.82) is 0 Å². The molecule has 0 spiro atoms. The molecule has 3 heterocycles. The molecule has 0 saturated carbocycles. The number of fused-ring (bicyclic) bond motifs is 5. The van der Waals surface area contributed by atoms with Crippen molar-refractivity contribution < 1.29 is 0 Å². The lowest BCUT2D eigenvalue weighted by Gasteiger charge is -2.33. The number of aromatic nitrogens is 4. The Bertz CT molecular complexity index is 3370. The second kappa shape index (κ2) is 15.9. The largest absolute Gasteiger partial charge is 0.311 e.